The molecule has 7 heteroatoms. The fourth-order valence-electron chi connectivity index (χ4n) is 2.75. The van der Waals surface area contributed by atoms with Crippen molar-refractivity contribution < 1.29 is 4.74 Å². The second-order valence-corrected chi connectivity index (χ2v) is 6.82. The number of benzene rings is 2. The zero-order chi connectivity index (χ0) is 20.5. The predicted octanol–water partition coefficient (Wildman–Crippen LogP) is 2.70. The zero-order valence-electron chi connectivity index (χ0n) is 16.8. The van der Waals surface area contributed by atoms with Crippen molar-refractivity contribution in [2.75, 3.05) is 51.0 Å². The highest BCUT2D eigenvalue weighted by atomic mass is 16.5. The van der Waals surface area contributed by atoms with Gasteiger partial charge in [-0.1, -0.05) is 18.2 Å². The van der Waals surface area contributed by atoms with Crippen LogP contribution in [-0.2, 0) is 0 Å². The zero-order valence-corrected chi connectivity index (χ0v) is 16.8. The molecule has 0 saturated heterocycles. The second kappa shape index (κ2) is 10.3. The maximum Gasteiger partial charge on any atom is 0.297 e. The fourth-order valence-corrected chi connectivity index (χ4v) is 2.75. The summed E-state index contributed by atoms with van der Waals surface area (Å²) in [5.74, 6) is 1.10. The van der Waals surface area contributed by atoms with Crippen molar-refractivity contribution >= 4 is 11.5 Å². The average molecular weight is 393 g/mol. The first-order valence-corrected chi connectivity index (χ1v) is 9.62. The Kier molecular flexibility index (Phi) is 7.24. The van der Waals surface area contributed by atoms with Gasteiger partial charge in [0, 0.05) is 36.9 Å². The minimum absolute atomic E-state index is 0.194. The Morgan fingerprint density at radius 1 is 1.00 bits per heavy atom. The summed E-state index contributed by atoms with van der Waals surface area (Å²) in [5, 5.41) is 6.42. The predicted molar refractivity (Wildman–Crippen MR) is 117 cm³/mol. The molecule has 0 aliphatic rings. The number of hydrogen-bond acceptors (Lipinski definition) is 6. The minimum Gasteiger partial charge on any atom is -0.492 e. The Labute approximate surface area is 171 Å². The largest absolute Gasteiger partial charge is 0.492 e. The van der Waals surface area contributed by atoms with Gasteiger partial charge in [-0.25, -0.2) is 4.98 Å². The molecule has 3 aromatic rings. The first-order chi connectivity index (χ1) is 14.1. The molecule has 2 N–H and O–H groups in total. The van der Waals surface area contributed by atoms with Crippen molar-refractivity contribution in [1.82, 2.24) is 14.5 Å². The first-order valence-electron chi connectivity index (χ1n) is 9.62. The van der Waals surface area contributed by atoms with Crippen LogP contribution in [0.4, 0.5) is 11.5 Å². The van der Waals surface area contributed by atoms with E-state index in [2.05, 4.69) is 20.5 Å². The number of likely N-dealkylation sites (N-methyl/N-ethyl adjacent to an activating group) is 1. The van der Waals surface area contributed by atoms with E-state index < -0.39 is 0 Å². The van der Waals surface area contributed by atoms with Gasteiger partial charge >= 0.3 is 0 Å². The summed E-state index contributed by atoms with van der Waals surface area (Å²) in [5.41, 5.74) is 1.62. The molecule has 29 heavy (non-hydrogen) atoms. The van der Waals surface area contributed by atoms with E-state index in [1.165, 1.54) is 0 Å². The topological polar surface area (TPSA) is 71.4 Å². The molecule has 0 unspecified atom stereocenters. The van der Waals surface area contributed by atoms with Gasteiger partial charge in [0.2, 0.25) is 0 Å². The van der Waals surface area contributed by atoms with Crippen molar-refractivity contribution in [2.24, 2.45) is 0 Å². The molecule has 1 aromatic heterocycles. The van der Waals surface area contributed by atoms with Crippen LogP contribution in [0, 0.1) is 0 Å². The van der Waals surface area contributed by atoms with E-state index in [9.17, 15) is 4.79 Å². The van der Waals surface area contributed by atoms with Crippen LogP contribution in [0.3, 0.4) is 0 Å². The Morgan fingerprint density at radius 2 is 1.76 bits per heavy atom. The van der Waals surface area contributed by atoms with Gasteiger partial charge in [0.25, 0.3) is 5.56 Å². The highest BCUT2D eigenvalue weighted by Crippen LogP contribution is 2.12. The highest BCUT2D eigenvalue weighted by Gasteiger charge is 2.06. The van der Waals surface area contributed by atoms with Gasteiger partial charge < -0.3 is 20.3 Å². The molecule has 152 valence electrons. The lowest BCUT2D eigenvalue weighted by atomic mass is 10.2. The van der Waals surface area contributed by atoms with Crippen molar-refractivity contribution in [3.05, 3.63) is 77.3 Å². The van der Waals surface area contributed by atoms with Gasteiger partial charge in [-0.15, -0.1) is 0 Å². The Hall–Kier alpha value is -3.32. The van der Waals surface area contributed by atoms with Crippen molar-refractivity contribution in [2.45, 2.75) is 0 Å². The van der Waals surface area contributed by atoms with Crippen LogP contribution in [0.5, 0.6) is 5.75 Å². The SMILES string of the molecule is CN(C)CCNc1ccc(-n2ccnc(NCCOc3ccccc3)c2=O)cc1. The van der Waals surface area contributed by atoms with Gasteiger partial charge in [-0.3, -0.25) is 9.36 Å². The lowest BCUT2D eigenvalue weighted by Gasteiger charge is -2.13. The minimum atomic E-state index is -0.194. The van der Waals surface area contributed by atoms with Crippen molar-refractivity contribution in [3.8, 4) is 11.4 Å². The summed E-state index contributed by atoms with van der Waals surface area (Å²) in [7, 11) is 4.08. The molecule has 0 spiro atoms. The number of ether oxygens (including phenoxy) is 1. The van der Waals surface area contributed by atoms with Crippen LogP contribution in [0.15, 0.2) is 71.8 Å². The van der Waals surface area contributed by atoms with Gasteiger partial charge in [0.1, 0.15) is 12.4 Å². The van der Waals surface area contributed by atoms with Gasteiger partial charge in [0.15, 0.2) is 5.82 Å². The van der Waals surface area contributed by atoms with Crippen LogP contribution in [0.2, 0.25) is 0 Å². The van der Waals surface area contributed by atoms with Crippen LogP contribution >= 0.6 is 0 Å². The molecular formula is C22H27N5O2. The molecule has 0 saturated carbocycles. The summed E-state index contributed by atoms with van der Waals surface area (Å²) in [4.78, 5) is 19.0. The number of nitrogens with one attached hydrogen (secondary N) is 2. The molecule has 0 radical (unpaired) electrons. The highest BCUT2D eigenvalue weighted by molar-refractivity contribution is 5.49. The molecule has 1 heterocycles. The summed E-state index contributed by atoms with van der Waals surface area (Å²) in [6, 6.07) is 17.3. The van der Waals surface area contributed by atoms with Crippen molar-refractivity contribution in [1.29, 1.82) is 0 Å². The van der Waals surface area contributed by atoms with Crippen LogP contribution in [0.1, 0.15) is 0 Å². The third kappa shape index (κ3) is 6.08. The van der Waals surface area contributed by atoms with E-state index in [1.807, 2.05) is 68.7 Å². The Balaban J connectivity index is 1.58. The molecule has 7 nitrogen and oxygen atoms in total. The molecule has 0 atom stereocenters. The van der Waals surface area contributed by atoms with E-state index in [-0.39, 0.29) is 5.56 Å². The quantitative estimate of drug-likeness (QED) is 0.516. The molecule has 0 bridgehead atoms. The van der Waals surface area contributed by atoms with Gasteiger partial charge in [0.05, 0.1) is 6.54 Å². The molecule has 0 aliphatic carbocycles. The fraction of sp³-hybridized carbons (Fsp3) is 0.273. The lowest BCUT2D eigenvalue weighted by Crippen LogP contribution is -2.25. The summed E-state index contributed by atoms with van der Waals surface area (Å²) >= 11 is 0. The number of aromatic nitrogens is 2. The maximum atomic E-state index is 12.7. The third-order valence-electron chi connectivity index (χ3n) is 4.28. The number of para-hydroxylation sites is 1. The molecule has 0 amide bonds. The van der Waals surface area contributed by atoms with E-state index in [0.717, 1.165) is 30.2 Å². The third-order valence-corrected chi connectivity index (χ3v) is 4.28. The van der Waals surface area contributed by atoms with Crippen molar-refractivity contribution in [3.63, 3.8) is 0 Å². The summed E-state index contributed by atoms with van der Waals surface area (Å²) in [6.07, 6.45) is 3.29. The van der Waals surface area contributed by atoms with Crippen LogP contribution in [-0.4, -0.2) is 54.8 Å². The average Bonchev–Trinajstić information content (AvgIpc) is 2.73. The van der Waals surface area contributed by atoms with E-state index in [0.29, 0.717) is 19.0 Å². The number of rotatable bonds is 10. The van der Waals surface area contributed by atoms with Gasteiger partial charge in [-0.2, -0.15) is 0 Å². The molecule has 2 aromatic carbocycles. The first kappa shape index (κ1) is 20.4. The number of hydrogen-bond donors (Lipinski definition) is 2. The Bertz CT molecular complexity index is 939. The monoisotopic (exact) mass is 393 g/mol. The summed E-state index contributed by atoms with van der Waals surface area (Å²) in [6.45, 7) is 2.73. The lowest BCUT2D eigenvalue weighted by molar-refractivity contribution is 0.332. The van der Waals surface area contributed by atoms with Crippen LogP contribution in [0.25, 0.3) is 5.69 Å². The van der Waals surface area contributed by atoms with E-state index in [4.69, 9.17) is 4.74 Å². The standard InChI is InChI=1S/C22H27N5O2/c1-26(2)15-12-23-18-8-10-19(11-9-18)27-16-13-24-21(22(27)28)25-14-17-29-20-6-4-3-5-7-20/h3-11,13,16,23H,12,14-15,17H2,1-2H3,(H,24,25). The smallest absolute Gasteiger partial charge is 0.297 e. The second-order valence-electron chi connectivity index (χ2n) is 6.82. The van der Waals surface area contributed by atoms with E-state index in [1.54, 1.807) is 17.0 Å². The number of anilines is 2. The van der Waals surface area contributed by atoms with Crippen LogP contribution < -0.4 is 20.9 Å². The summed E-state index contributed by atoms with van der Waals surface area (Å²) < 4.78 is 7.21. The maximum absolute atomic E-state index is 12.7. The molecule has 0 aliphatic heterocycles. The van der Waals surface area contributed by atoms with E-state index >= 15 is 0 Å². The normalized spacial score (nSPS) is 10.7. The van der Waals surface area contributed by atoms with Gasteiger partial charge in [-0.05, 0) is 50.5 Å². The Morgan fingerprint density at radius 3 is 2.48 bits per heavy atom. The molecular weight excluding hydrogens is 366 g/mol. The number of nitrogens with zero attached hydrogens (tertiary/aromatic N) is 3. The molecule has 3 rings (SSSR count). The molecule has 0 fully saturated rings.